The number of hydrogen-bond donors (Lipinski definition) is 3. The molecule has 0 heterocycles. The van der Waals surface area contributed by atoms with Crippen LogP contribution in [0.2, 0.25) is 0 Å². The molecule has 2 atom stereocenters. The highest BCUT2D eigenvalue weighted by Crippen LogP contribution is 2.29. The summed E-state index contributed by atoms with van der Waals surface area (Å²) in [5.41, 5.74) is 1.11. The molecule has 0 aromatic heterocycles. The van der Waals surface area contributed by atoms with Crippen LogP contribution < -0.4 is 10.6 Å². The molecule has 0 saturated heterocycles. The van der Waals surface area contributed by atoms with Gasteiger partial charge in [0, 0.05) is 6.04 Å². The molecule has 4 heteroatoms. The first kappa shape index (κ1) is 14.9. The highest BCUT2D eigenvalue weighted by atomic mass is 16.3. The lowest BCUT2D eigenvalue weighted by molar-refractivity contribution is 0.199. The first-order chi connectivity index (χ1) is 9.69. The van der Waals surface area contributed by atoms with Gasteiger partial charge >= 0.3 is 6.03 Å². The zero-order valence-corrected chi connectivity index (χ0v) is 12.0. The Morgan fingerprint density at radius 3 is 2.55 bits per heavy atom. The zero-order chi connectivity index (χ0) is 14.4. The molecule has 20 heavy (non-hydrogen) atoms. The molecular weight excluding hydrogens is 252 g/mol. The summed E-state index contributed by atoms with van der Waals surface area (Å²) >= 11 is 0. The molecular formula is C16H24N2O2. The van der Waals surface area contributed by atoms with Crippen LogP contribution in [0.25, 0.3) is 0 Å². The van der Waals surface area contributed by atoms with Crippen LogP contribution >= 0.6 is 0 Å². The SMILES string of the molecule is C[C@H](NC(=O)N[C@H](CO)Cc1ccccc1)C1CCC1. The molecule has 1 aromatic carbocycles. The van der Waals surface area contributed by atoms with E-state index in [9.17, 15) is 9.90 Å². The number of hydrogen-bond acceptors (Lipinski definition) is 2. The molecule has 0 aliphatic heterocycles. The van der Waals surface area contributed by atoms with E-state index in [0.717, 1.165) is 5.56 Å². The Morgan fingerprint density at radius 2 is 2.00 bits per heavy atom. The lowest BCUT2D eigenvalue weighted by atomic mass is 9.80. The second kappa shape index (κ2) is 7.29. The average molecular weight is 276 g/mol. The van der Waals surface area contributed by atoms with Crippen molar-refractivity contribution < 1.29 is 9.90 Å². The van der Waals surface area contributed by atoms with Gasteiger partial charge in [0.25, 0.3) is 0 Å². The monoisotopic (exact) mass is 276 g/mol. The fourth-order valence-electron chi connectivity index (χ4n) is 2.55. The number of carbonyl (C=O) groups excluding carboxylic acids is 1. The van der Waals surface area contributed by atoms with E-state index in [2.05, 4.69) is 17.6 Å². The molecule has 0 bridgehead atoms. The molecule has 0 unspecified atom stereocenters. The van der Waals surface area contributed by atoms with Crippen molar-refractivity contribution in [3.05, 3.63) is 35.9 Å². The Hall–Kier alpha value is -1.55. The minimum atomic E-state index is -0.244. The van der Waals surface area contributed by atoms with Gasteiger partial charge in [0.05, 0.1) is 12.6 Å². The number of aliphatic hydroxyl groups is 1. The van der Waals surface area contributed by atoms with Gasteiger partial charge in [0.1, 0.15) is 0 Å². The van der Waals surface area contributed by atoms with E-state index in [1.165, 1.54) is 19.3 Å². The van der Waals surface area contributed by atoms with E-state index >= 15 is 0 Å². The molecule has 1 saturated carbocycles. The normalized spacial score (nSPS) is 17.9. The smallest absolute Gasteiger partial charge is 0.315 e. The highest BCUT2D eigenvalue weighted by Gasteiger charge is 2.25. The summed E-state index contributed by atoms with van der Waals surface area (Å²) in [5.74, 6) is 0.613. The van der Waals surface area contributed by atoms with Gasteiger partial charge in [0.15, 0.2) is 0 Å². The standard InChI is InChI=1S/C16H24N2O2/c1-12(14-8-5-9-14)17-16(20)18-15(11-19)10-13-6-3-2-4-7-13/h2-4,6-7,12,14-15,19H,5,8-11H2,1H3,(H2,17,18,20)/t12-,15-/m0/s1. The van der Waals surface area contributed by atoms with Crippen LogP contribution in [0.15, 0.2) is 30.3 Å². The first-order valence-corrected chi connectivity index (χ1v) is 7.41. The summed E-state index contributed by atoms with van der Waals surface area (Å²) in [6, 6.07) is 9.66. The maximum absolute atomic E-state index is 11.9. The number of urea groups is 1. The molecule has 0 radical (unpaired) electrons. The zero-order valence-electron chi connectivity index (χ0n) is 12.0. The molecule has 4 nitrogen and oxygen atoms in total. The summed E-state index contributed by atoms with van der Waals surface area (Å²) in [4.78, 5) is 11.9. The molecule has 1 aliphatic carbocycles. The number of amides is 2. The van der Waals surface area contributed by atoms with Gasteiger partial charge in [-0.25, -0.2) is 4.79 Å². The van der Waals surface area contributed by atoms with Gasteiger partial charge in [-0.05, 0) is 37.7 Å². The third-order valence-electron chi connectivity index (χ3n) is 4.10. The molecule has 1 aliphatic rings. The Morgan fingerprint density at radius 1 is 1.30 bits per heavy atom. The number of nitrogens with one attached hydrogen (secondary N) is 2. The Balaban J connectivity index is 1.78. The average Bonchev–Trinajstić information content (AvgIpc) is 2.36. The van der Waals surface area contributed by atoms with Crippen LogP contribution in [-0.2, 0) is 6.42 Å². The van der Waals surface area contributed by atoms with Crippen LogP contribution in [0.1, 0.15) is 31.7 Å². The van der Waals surface area contributed by atoms with Crippen molar-refractivity contribution >= 4 is 6.03 Å². The predicted molar refractivity (Wildman–Crippen MR) is 79.5 cm³/mol. The van der Waals surface area contributed by atoms with E-state index in [-0.39, 0.29) is 24.7 Å². The van der Waals surface area contributed by atoms with Crippen molar-refractivity contribution in [3.63, 3.8) is 0 Å². The van der Waals surface area contributed by atoms with Gasteiger partial charge in [-0.3, -0.25) is 0 Å². The molecule has 0 spiro atoms. The quantitative estimate of drug-likeness (QED) is 0.745. The van der Waals surface area contributed by atoms with E-state index < -0.39 is 0 Å². The van der Waals surface area contributed by atoms with E-state index in [4.69, 9.17) is 0 Å². The third kappa shape index (κ3) is 4.23. The molecule has 2 amide bonds. The fourth-order valence-corrected chi connectivity index (χ4v) is 2.55. The van der Waals surface area contributed by atoms with E-state index in [1.807, 2.05) is 30.3 Å². The molecule has 1 aromatic rings. The Kier molecular flexibility index (Phi) is 5.41. The topological polar surface area (TPSA) is 61.4 Å². The van der Waals surface area contributed by atoms with Crippen molar-refractivity contribution in [1.29, 1.82) is 0 Å². The number of benzene rings is 1. The highest BCUT2D eigenvalue weighted by molar-refractivity contribution is 5.74. The fraction of sp³-hybridized carbons (Fsp3) is 0.562. The lowest BCUT2D eigenvalue weighted by Gasteiger charge is -2.32. The second-order valence-corrected chi connectivity index (χ2v) is 5.67. The van der Waals surface area contributed by atoms with Gasteiger partial charge in [0.2, 0.25) is 0 Å². The summed E-state index contributed by atoms with van der Waals surface area (Å²) in [7, 11) is 0. The van der Waals surface area contributed by atoms with Gasteiger partial charge in [-0.15, -0.1) is 0 Å². The number of aliphatic hydroxyl groups excluding tert-OH is 1. The maximum atomic E-state index is 11.9. The predicted octanol–water partition coefficient (Wildman–Crippen LogP) is 2.08. The van der Waals surface area contributed by atoms with Crippen LogP contribution in [0, 0.1) is 5.92 Å². The third-order valence-corrected chi connectivity index (χ3v) is 4.10. The van der Waals surface area contributed by atoms with Crippen LogP contribution in [0.4, 0.5) is 4.79 Å². The number of carbonyl (C=O) groups is 1. The summed E-state index contributed by atoms with van der Waals surface area (Å²) in [6.07, 6.45) is 4.32. The first-order valence-electron chi connectivity index (χ1n) is 7.41. The van der Waals surface area contributed by atoms with Crippen molar-refractivity contribution in [2.45, 2.75) is 44.7 Å². The lowest BCUT2D eigenvalue weighted by Crippen LogP contribution is -2.50. The van der Waals surface area contributed by atoms with Gasteiger partial charge in [-0.2, -0.15) is 0 Å². The number of rotatable bonds is 6. The minimum absolute atomic E-state index is 0.0554. The van der Waals surface area contributed by atoms with Crippen LogP contribution in [-0.4, -0.2) is 29.8 Å². The second-order valence-electron chi connectivity index (χ2n) is 5.67. The van der Waals surface area contributed by atoms with Crippen molar-refractivity contribution in [3.8, 4) is 0 Å². The minimum Gasteiger partial charge on any atom is -0.394 e. The molecule has 2 rings (SSSR count). The van der Waals surface area contributed by atoms with Crippen molar-refractivity contribution in [1.82, 2.24) is 10.6 Å². The van der Waals surface area contributed by atoms with E-state index in [1.54, 1.807) is 0 Å². The van der Waals surface area contributed by atoms with Crippen LogP contribution in [0.5, 0.6) is 0 Å². The molecule has 3 N–H and O–H groups in total. The molecule has 1 fully saturated rings. The van der Waals surface area contributed by atoms with Crippen LogP contribution in [0.3, 0.4) is 0 Å². The van der Waals surface area contributed by atoms with Gasteiger partial charge in [-0.1, -0.05) is 36.8 Å². The summed E-state index contributed by atoms with van der Waals surface area (Å²) in [5, 5.41) is 15.2. The molecule has 110 valence electrons. The van der Waals surface area contributed by atoms with Crippen molar-refractivity contribution in [2.75, 3.05) is 6.61 Å². The van der Waals surface area contributed by atoms with Gasteiger partial charge < -0.3 is 15.7 Å². The maximum Gasteiger partial charge on any atom is 0.315 e. The van der Waals surface area contributed by atoms with E-state index in [0.29, 0.717) is 12.3 Å². The summed E-state index contributed by atoms with van der Waals surface area (Å²) < 4.78 is 0. The summed E-state index contributed by atoms with van der Waals surface area (Å²) in [6.45, 7) is 1.99. The van der Waals surface area contributed by atoms with Crippen molar-refractivity contribution in [2.24, 2.45) is 5.92 Å². The Bertz CT molecular complexity index is 418. The largest absolute Gasteiger partial charge is 0.394 e. The Labute approximate surface area is 120 Å².